The van der Waals surface area contributed by atoms with Crippen molar-refractivity contribution >= 4 is 17.0 Å². The molecule has 102 valence electrons. The summed E-state index contributed by atoms with van der Waals surface area (Å²) in [7, 11) is 3.28. The largest absolute Gasteiger partial charge is 0.493 e. The maximum atomic E-state index is 5.33. The number of nitrogens with zero attached hydrogens (tertiary/aromatic N) is 1. The molecule has 1 N–H and O–H groups in total. The van der Waals surface area contributed by atoms with Gasteiger partial charge in [-0.25, -0.2) is 4.98 Å². The van der Waals surface area contributed by atoms with Crippen LogP contribution in [0.1, 0.15) is 23.5 Å². The third-order valence-corrected chi connectivity index (χ3v) is 3.88. The molecule has 4 nitrogen and oxygen atoms in total. The van der Waals surface area contributed by atoms with E-state index in [1.54, 1.807) is 25.6 Å². The van der Waals surface area contributed by atoms with Crippen LogP contribution in [-0.2, 0) is 0 Å². The first-order valence-electron chi connectivity index (χ1n) is 6.04. The van der Waals surface area contributed by atoms with Gasteiger partial charge in [0, 0.05) is 23.3 Å². The van der Waals surface area contributed by atoms with E-state index in [1.807, 2.05) is 30.6 Å². The molecule has 1 aromatic heterocycles. The highest BCUT2D eigenvalue weighted by molar-refractivity contribution is 7.09. The zero-order valence-corrected chi connectivity index (χ0v) is 12.4. The first kappa shape index (κ1) is 13.7. The number of nitrogens with one attached hydrogen (secondary N) is 1. The smallest absolute Gasteiger partial charge is 0.162 e. The lowest BCUT2D eigenvalue weighted by Crippen LogP contribution is -2.07. The van der Waals surface area contributed by atoms with Gasteiger partial charge in [-0.05, 0) is 25.5 Å². The summed E-state index contributed by atoms with van der Waals surface area (Å²) in [5, 5.41) is 6.50. The molecule has 0 spiro atoms. The van der Waals surface area contributed by atoms with E-state index in [-0.39, 0.29) is 6.04 Å². The topological polar surface area (TPSA) is 43.4 Å². The number of anilines is 1. The molecule has 1 heterocycles. The van der Waals surface area contributed by atoms with Gasteiger partial charge in [-0.15, -0.1) is 11.3 Å². The molecule has 0 fully saturated rings. The minimum atomic E-state index is 0.164. The molecule has 0 bridgehead atoms. The van der Waals surface area contributed by atoms with Crippen molar-refractivity contribution in [2.45, 2.75) is 19.9 Å². The highest BCUT2D eigenvalue weighted by Gasteiger charge is 2.12. The lowest BCUT2D eigenvalue weighted by molar-refractivity contribution is 0.355. The third kappa shape index (κ3) is 2.98. The predicted octanol–water partition coefficient (Wildman–Crippen LogP) is 3.64. The van der Waals surface area contributed by atoms with Gasteiger partial charge >= 0.3 is 0 Å². The Balaban J connectivity index is 2.25. The molecule has 1 atom stereocenters. The maximum absolute atomic E-state index is 5.33. The molecule has 1 aromatic carbocycles. The molecule has 2 aromatic rings. The normalized spacial score (nSPS) is 12.0. The second kappa shape index (κ2) is 5.93. The lowest BCUT2D eigenvalue weighted by Gasteiger charge is -2.17. The fourth-order valence-corrected chi connectivity index (χ4v) is 2.53. The van der Waals surface area contributed by atoms with Crippen molar-refractivity contribution in [1.29, 1.82) is 0 Å². The average Bonchev–Trinajstić information content (AvgIpc) is 2.94. The van der Waals surface area contributed by atoms with Crippen LogP contribution in [0.3, 0.4) is 0 Å². The van der Waals surface area contributed by atoms with Crippen molar-refractivity contribution in [3.05, 3.63) is 34.3 Å². The number of aryl methyl sites for hydroxylation is 1. The number of thiazole rings is 1. The average molecular weight is 278 g/mol. The van der Waals surface area contributed by atoms with Gasteiger partial charge in [0.15, 0.2) is 11.5 Å². The highest BCUT2D eigenvalue weighted by Crippen LogP contribution is 2.34. The monoisotopic (exact) mass is 278 g/mol. The highest BCUT2D eigenvalue weighted by atomic mass is 32.1. The van der Waals surface area contributed by atoms with Crippen LogP contribution in [0.15, 0.2) is 23.7 Å². The summed E-state index contributed by atoms with van der Waals surface area (Å²) in [5.41, 5.74) is 2.14. The molecule has 0 amide bonds. The maximum Gasteiger partial charge on any atom is 0.162 e. The summed E-state index contributed by atoms with van der Waals surface area (Å²) >= 11 is 1.64. The van der Waals surface area contributed by atoms with Crippen LogP contribution in [0.4, 0.5) is 5.69 Å². The summed E-state index contributed by atoms with van der Waals surface area (Å²) in [6, 6.07) is 4.09. The minimum absolute atomic E-state index is 0.164. The molecule has 19 heavy (non-hydrogen) atoms. The quantitative estimate of drug-likeness (QED) is 0.906. The Hall–Kier alpha value is -1.75. The van der Waals surface area contributed by atoms with Crippen molar-refractivity contribution in [2.75, 3.05) is 19.5 Å². The number of benzene rings is 1. The van der Waals surface area contributed by atoms with E-state index in [0.29, 0.717) is 0 Å². The number of aromatic nitrogens is 1. The third-order valence-electron chi connectivity index (χ3n) is 2.92. The van der Waals surface area contributed by atoms with Crippen LogP contribution in [0.2, 0.25) is 0 Å². The van der Waals surface area contributed by atoms with Gasteiger partial charge in [0.25, 0.3) is 0 Å². The van der Waals surface area contributed by atoms with Gasteiger partial charge in [-0.2, -0.15) is 0 Å². The first-order chi connectivity index (χ1) is 9.15. The molecule has 5 heteroatoms. The van der Waals surface area contributed by atoms with Gasteiger partial charge in [-0.3, -0.25) is 0 Å². The zero-order valence-electron chi connectivity index (χ0n) is 11.6. The lowest BCUT2D eigenvalue weighted by atomic mass is 10.1. The van der Waals surface area contributed by atoms with Crippen LogP contribution in [0.5, 0.6) is 11.5 Å². The number of ether oxygens (including phenoxy) is 2. The molecule has 2 rings (SSSR count). The molecule has 0 aliphatic heterocycles. The van der Waals surface area contributed by atoms with E-state index in [0.717, 1.165) is 27.8 Å². The van der Waals surface area contributed by atoms with E-state index >= 15 is 0 Å². The Labute approximate surface area is 117 Å². The molecule has 1 unspecified atom stereocenters. The molecule has 0 saturated carbocycles. The van der Waals surface area contributed by atoms with E-state index in [2.05, 4.69) is 17.2 Å². The Morgan fingerprint density at radius 1 is 1.21 bits per heavy atom. The SMILES string of the molecule is COc1cc(C)c(NC(C)c2nccs2)cc1OC. The summed E-state index contributed by atoms with van der Waals surface area (Å²) in [6.07, 6.45) is 1.82. The summed E-state index contributed by atoms with van der Waals surface area (Å²) in [5.74, 6) is 1.47. The van der Waals surface area contributed by atoms with Crippen LogP contribution in [0.25, 0.3) is 0 Å². The molecule has 0 radical (unpaired) electrons. The number of hydrogen-bond donors (Lipinski definition) is 1. The van der Waals surface area contributed by atoms with Crippen molar-refractivity contribution < 1.29 is 9.47 Å². The van der Waals surface area contributed by atoms with E-state index in [9.17, 15) is 0 Å². The van der Waals surface area contributed by atoms with Crippen LogP contribution >= 0.6 is 11.3 Å². The van der Waals surface area contributed by atoms with Crippen LogP contribution in [-0.4, -0.2) is 19.2 Å². The molecule has 0 saturated heterocycles. The van der Waals surface area contributed by atoms with Gasteiger partial charge in [-0.1, -0.05) is 0 Å². The second-order valence-corrected chi connectivity index (χ2v) is 5.18. The first-order valence-corrected chi connectivity index (χ1v) is 6.92. The van der Waals surface area contributed by atoms with Crippen LogP contribution in [0, 0.1) is 6.92 Å². The number of methoxy groups -OCH3 is 2. The van der Waals surface area contributed by atoms with Crippen molar-refractivity contribution in [3.63, 3.8) is 0 Å². The Morgan fingerprint density at radius 3 is 2.47 bits per heavy atom. The van der Waals surface area contributed by atoms with E-state index in [4.69, 9.17) is 9.47 Å². The van der Waals surface area contributed by atoms with Crippen molar-refractivity contribution in [1.82, 2.24) is 4.98 Å². The molecule has 0 aliphatic rings. The molecule has 0 aliphatic carbocycles. The van der Waals surface area contributed by atoms with Gasteiger partial charge in [0.2, 0.25) is 0 Å². The predicted molar refractivity (Wildman–Crippen MR) is 78.4 cm³/mol. The Morgan fingerprint density at radius 2 is 1.89 bits per heavy atom. The second-order valence-electron chi connectivity index (χ2n) is 4.26. The Bertz CT molecular complexity index is 541. The van der Waals surface area contributed by atoms with Gasteiger partial charge < -0.3 is 14.8 Å². The number of rotatable bonds is 5. The van der Waals surface area contributed by atoms with E-state index < -0.39 is 0 Å². The van der Waals surface area contributed by atoms with E-state index in [1.165, 1.54) is 0 Å². The standard InChI is InChI=1S/C14H18N2O2S/c1-9-7-12(17-3)13(18-4)8-11(9)16-10(2)14-15-5-6-19-14/h5-8,10,16H,1-4H3. The van der Waals surface area contributed by atoms with Crippen LogP contribution < -0.4 is 14.8 Å². The fourth-order valence-electron chi connectivity index (χ4n) is 1.88. The summed E-state index contributed by atoms with van der Waals surface area (Å²) < 4.78 is 10.6. The Kier molecular flexibility index (Phi) is 4.27. The summed E-state index contributed by atoms with van der Waals surface area (Å²) in [4.78, 5) is 4.32. The molecular formula is C14H18N2O2S. The van der Waals surface area contributed by atoms with Crippen molar-refractivity contribution in [3.8, 4) is 11.5 Å². The zero-order chi connectivity index (χ0) is 13.8. The van der Waals surface area contributed by atoms with Gasteiger partial charge in [0.05, 0.1) is 20.3 Å². The van der Waals surface area contributed by atoms with Crippen molar-refractivity contribution in [2.24, 2.45) is 0 Å². The minimum Gasteiger partial charge on any atom is -0.493 e. The number of hydrogen-bond acceptors (Lipinski definition) is 5. The fraction of sp³-hybridized carbons (Fsp3) is 0.357. The van der Waals surface area contributed by atoms with Gasteiger partial charge in [0.1, 0.15) is 5.01 Å². The summed E-state index contributed by atoms with van der Waals surface area (Å²) in [6.45, 7) is 4.13. The molecular weight excluding hydrogens is 260 g/mol.